The quantitative estimate of drug-likeness (QED) is 0.326. The highest BCUT2D eigenvalue weighted by Crippen LogP contribution is 2.39. The van der Waals surface area contributed by atoms with Crippen LogP contribution < -0.4 is 10.2 Å². The molecule has 0 radical (unpaired) electrons. The lowest BCUT2D eigenvalue weighted by Gasteiger charge is -2.37. The molecule has 35 heavy (non-hydrogen) atoms. The second-order valence-electron chi connectivity index (χ2n) is 8.20. The molecule has 176 valence electrons. The Morgan fingerprint density at radius 1 is 1.00 bits per heavy atom. The highest BCUT2D eigenvalue weighted by atomic mass is 32.1. The van der Waals surface area contributed by atoms with E-state index in [0.29, 0.717) is 33.8 Å². The van der Waals surface area contributed by atoms with Gasteiger partial charge < -0.3 is 9.84 Å². The first kappa shape index (κ1) is 22.9. The lowest BCUT2D eigenvalue weighted by molar-refractivity contribution is 0.404. The fourth-order valence-electron chi connectivity index (χ4n) is 4.19. The SMILES string of the molecule is CCc1ccc(C2NC(=S)N(c3ccc(F)c(F)c3)C(C)=C2c2nc(-c3ccccc3)no2)cc1. The van der Waals surface area contributed by atoms with Gasteiger partial charge in [0.2, 0.25) is 5.82 Å². The maximum atomic E-state index is 14.1. The predicted molar refractivity (Wildman–Crippen MR) is 135 cm³/mol. The molecule has 5 rings (SSSR count). The zero-order valence-corrected chi connectivity index (χ0v) is 19.9. The van der Waals surface area contributed by atoms with Gasteiger partial charge in [-0.3, -0.25) is 4.90 Å². The summed E-state index contributed by atoms with van der Waals surface area (Å²) in [5.74, 6) is -1.12. The predicted octanol–water partition coefficient (Wildman–Crippen LogP) is 6.44. The molecule has 1 aromatic heterocycles. The Hall–Kier alpha value is -3.91. The summed E-state index contributed by atoms with van der Waals surface area (Å²) in [6.07, 6.45) is 0.923. The van der Waals surface area contributed by atoms with Gasteiger partial charge in [0, 0.05) is 17.3 Å². The van der Waals surface area contributed by atoms with Gasteiger partial charge >= 0.3 is 0 Å². The summed E-state index contributed by atoms with van der Waals surface area (Å²) in [7, 11) is 0. The molecule has 5 nitrogen and oxygen atoms in total. The number of aryl methyl sites for hydroxylation is 1. The number of rotatable bonds is 5. The van der Waals surface area contributed by atoms with Crippen LogP contribution in [0.3, 0.4) is 0 Å². The zero-order valence-electron chi connectivity index (χ0n) is 19.1. The van der Waals surface area contributed by atoms with E-state index in [0.717, 1.165) is 29.7 Å². The molecule has 0 fully saturated rings. The minimum Gasteiger partial charge on any atom is -0.351 e. The monoisotopic (exact) mass is 488 g/mol. The van der Waals surface area contributed by atoms with Crippen LogP contribution in [0, 0.1) is 11.6 Å². The number of nitrogens with zero attached hydrogens (tertiary/aromatic N) is 3. The van der Waals surface area contributed by atoms with Crippen LogP contribution >= 0.6 is 12.2 Å². The van der Waals surface area contributed by atoms with Crippen LogP contribution in [0.1, 0.15) is 36.9 Å². The number of hydrogen-bond donors (Lipinski definition) is 1. The molecule has 0 bridgehead atoms. The van der Waals surface area contributed by atoms with E-state index in [1.54, 1.807) is 4.90 Å². The minimum absolute atomic E-state index is 0.313. The van der Waals surface area contributed by atoms with Gasteiger partial charge in [0.05, 0.1) is 17.3 Å². The Morgan fingerprint density at radius 3 is 2.43 bits per heavy atom. The molecular formula is C27H22F2N4OS. The molecule has 0 spiro atoms. The number of thiocarbonyl (C=S) groups is 1. The third-order valence-electron chi connectivity index (χ3n) is 6.06. The van der Waals surface area contributed by atoms with Crippen molar-refractivity contribution in [2.24, 2.45) is 0 Å². The smallest absolute Gasteiger partial charge is 0.258 e. The summed E-state index contributed by atoms with van der Waals surface area (Å²) >= 11 is 5.67. The van der Waals surface area contributed by atoms with Gasteiger partial charge in [-0.15, -0.1) is 0 Å². The Labute approximate surface area is 207 Å². The largest absolute Gasteiger partial charge is 0.351 e. The second-order valence-corrected chi connectivity index (χ2v) is 8.59. The fourth-order valence-corrected chi connectivity index (χ4v) is 4.55. The molecular weight excluding hydrogens is 466 g/mol. The van der Waals surface area contributed by atoms with Crippen molar-refractivity contribution >= 4 is 28.6 Å². The number of allylic oxidation sites excluding steroid dienone is 1. The van der Waals surface area contributed by atoms with Gasteiger partial charge in [-0.25, -0.2) is 8.78 Å². The maximum Gasteiger partial charge on any atom is 0.258 e. The van der Waals surface area contributed by atoms with Crippen molar-refractivity contribution in [2.75, 3.05) is 4.90 Å². The van der Waals surface area contributed by atoms with Gasteiger partial charge in [0.25, 0.3) is 5.89 Å². The molecule has 1 atom stereocenters. The van der Waals surface area contributed by atoms with Crippen molar-refractivity contribution in [3.05, 3.63) is 107 Å². The van der Waals surface area contributed by atoms with E-state index in [9.17, 15) is 8.78 Å². The Bertz CT molecular complexity index is 1420. The Balaban J connectivity index is 1.65. The molecule has 0 amide bonds. The first-order valence-corrected chi connectivity index (χ1v) is 11.6. The first-order chi connectivity index (χ1) is 17.0. The van der Waals surface area contributed by atoms with Crippen molar-refractivity contribution in [3.63, 3.8) is 0 Å². The molecule has 4 aromatic rings. The topological polar surface area (TPSA) is 54.2 Å². The van der Waals surface area contributed by atoms with Gasteiger partial charge in [0.1, 0.15) is 0 Å². The van der Waals surface area contributed by atoms with Crippen LogP contribution in [-0.2, 0) is 6.42 Å². The summed E-state index contributed by atoms with van der Waals surface area (Å²) < 4.78 is 33.4. The molecule has 1 aliphatic heterocycles. The standard InChI is InChI=1S/C27H22F2N4OS/c1-3-17-9-11-18(12-10-17)24-23(26-31-25(32-34-26)19-7-5-4-6-8-19)16(2)33(27(35)30-24)20-13-14-21(28)22(29)15-20/h4-15,24H,3H2,1-2H3,(H,30,35). The molecule has 1 N–H and O–H groups in total. The van der Waals surface area contributed by atoms with Crippen molar-refractivity contribution in [3.8, 4) is 11.4 Å². The molecule has 0 aliphatic carbocycles. The zero-order chi connectivity index (χ0) is 24.5. The minimum atomic E-state index is -0.957. The number of halogens is 2. The summed E-state index contributed by atoms with van der Waals surface area (Å²) in [4.78, 5) is 6.32. The van der Waals surface area contributed by atoms with Crippen LogP contribution in [0.5, 0.6) is 0 Å². The molecule has 0 saturated heterocycles. The summed E-state index contributed by atoms with van der Waals surface area (Å²) in [6.45, 7) is 3.95. The summed E-state index contributed by atoms with van der Waals surface area (Å²) in [5, 5.41) is 7.87. The van der Waals surface area contributed by atoms with Crippen molar-refractivity contribution < 1.29 is 13.3 Å². The lowest BCUT2D eigenvalue weighted by Crippen LogP contribution is -2.46. The van der Waals surface area contributed by atoms with Crippen molar-refractivity contribution in [2.45, 2.75) is 26.3 Å². The van der Waals surface area contributed by atoms with E-state index in [1.807, 2.05) is 49.4 Å². The number of benzene rings is 3. The molecule has 8 heteroatoms. The van der Waals surface area contributed by atoms with Crippen LogP contribution in [0.25, 0.3) is 17.0 Å². The highest BCUT2D eigenvalue weighted by molar-refractivity contribution is 7.80. The van der Waals surface area contributed by atoms with E-state index in [4.69, 9.17) is 16.7 Å². The van der Waals surface area contributed by atoms with Crippen molar-refractivity contribution in [1.29, 1.82) is 0 Å². The van der Waals surface area contributed by atoms with Crippen molar-refractivity contribution in [1.82, 2.24) is 15.5 Å². The third kappa shape index (κ3) is 4.33. The van der Waals surface area contributed by atoms with Gasteiger partial charge in [-0.2, -0.15) is 4.98 Å². The van der Waals surface area contributed by atoms with Gasteiger partial charge in [0.15, 0.2) is 16.7 Å². The van der Waals surface area contributed by atoms with Crippen LogP contribution in [0.2, 0.25) is 0 Å². The Kier molecular flexibility index (Phi) is 6.13. The normalized spacial score (nSPS) is 15.9. The molecule has 1 aliphatic rings. The molecule has 3 aromatic carbocycles. The first-order valence-electron chi connectivity index (χ1n) is 11.2. The lowest BCUT2D eigenvalue weighted by atomic mass is 9.93. The average Bonchev–Trinajstić information content (AvgIpc) is 3.36. The van der Waals surface area contributed by atoms with E-state index < -0.39 is 11.6 Å². The third-order valence-corrected chi connectivity index (χ3v) is 6.36. The molecule has 1 unspecified atom stereocenters. The second kappa shape index (κ2) is 9.38. The van der Waals surface area contributed by atoms with E-state index >= 15 is 0 Å². The van der Waals surface area contributed by atoms with E-state index in [1.165, 1.54) is 11.6 Å². The van der Waals surface area contributed by atoms with Crippen LogP contribution in [0.4, 0.5) is 14.5 Å². The number of hydrogen-bond acceptors (Lipinski definition) is 4. The summed E-state index contributed by atoms with van der Waals surface area (Å²) in [5.41, 5.74) is 4.75. The van der Waals surface area contributed by atoms with Crippen LogP contribution in [-0.4, -0.2) is 15.3 Å². The number of aromatic nitrogens is 2. The van der Waals surface area contributed by atoms with E-state index in [-0.39, 0.29) is 6.04 Å². The summed E-state index contributed by atoms with van der Waals surface area (Å²) in [6, 6.07) is 21.0. The highest BCUT2D eigenvalue weighted by Gasteiger charge is 2.35. The maximum absolute atomic E-state index is 14.1. The molecule has 0 saturated carbocycles. The van der Waals surface area contributed by atoms with Gasteiger partial charge in [-0.1, -0.05) is 66.7 Å². The average molecular weight is 489 g/mol. The molecule has 2 heterocycles. The van der Waals surface area contributed by atoms with Crippen LogP contribution in [0.15, 0.2) is 83.0 Å². The number of anilines is 1. The fraction of sp³-hybridized carbons (Fsp3) is 0.148. The van der Waals surface area contributed by atoms with Gasteiger partial charge in [-0.05, 0) is 48.8 Å². The Morgan fingerprint density at radius 2 is 1.74 bits per heavy atom. The van der Waals surface area contributed by atoms with E-state index in [2.05, 4.69) is 34.5 Å². The number of nitrogens with one attached hydrogen (secondary N) is 1.